The molecular weight excluding hydrogens is 351 g/mol. The van der Waals surface area contributed by atoms with Gasteiger partial charge >= 0.3 is 0 Å². The molecule has 2 heterocycles. The number of ether oxygens (including phenoxy) is 1. The highest BCUT2D eigenvalue weighted by Crippen LogP contribution is 2.24. The molecule has 1 aliphatic heterocycles. The number of hydrogen-bond donors (Lipinski definition) is 0. The van der Waals surface area contributed by atoms with Crippen molar-refractivity contribution in [3.05, 3.63) is 70.3 Å². The zero-order valence-electron chi connectivity index (χ0n) is 14.2. The maximum Gasteiger partial charge on any atom is 0.262 e. The Hall–Kier alpha value is -2.18. The van der Waals surface area contributed by atoms with Crippen LogP contribution in [0.4, 0.5) is 4.39 Å². The first-order chi connectivity index (χ1) is 12.7. The molecule has 4 nitrogen and oxygen atoms in total. The van der Waals surface area contributed by atoms with E-state index in [4.69, 9.17) is 9.72 Å². The number of fused-ring (bicyclic) bond motifs is 1. The molecule has 1 aromatic heterocycles. The Kier molecular flexibility index (Phi) is 5.04. The lowest BCUT2D eigenvalue weighted by molar-refractivity contribution is 0.0937. The minimum absolute atomic E-state index is 0.0345. The number of rotatable bonds is 5. The van der Waals surface area contributed by atoms with Gasteiger partial charge in [0.1, 0.15) is 5.82 Å². The molecule has 1 fully saturated rings. The van der Waals surface area contributed by atoms with Gasteiger partial charge in [-0.25, -0.2) is 9.37 Å². The molecule has 0 aliphatic carbocycles. The summed E-state index contributed by atoms with van der Waals surface area (Å²) in [5.74, 6) is 0.370. The molecule has 0 spiro atoms. The summed E-state index contributed by atoms with van der Waals surface area (Å²) in [6.07, 6.45) is 2.04. The molecule has 2 aromatic carbocycles. The first-order valence-corrected chi connectivity index (χ1v) is 9.68. The zero-order valence-corrected chi connectivity index (χ0v) is 15.0. The largest absolute Gasteiger partial charge is 0.376 e. The second-order valence-corrected chi connectivity index (χ2v) is 7.32. The van der Waals surface area contributed by atoms with Crippen LogP contribution < -0.4 is 5.56 Å². The van der Waals surface area contributed by atoms with Gasteiger partial charge < -0.3 is 4.74 Å². The third-order valence-electron chi connectivity index (χ3n) is 4.52. The number of benzene rings is 2. The van der Waals surface area contributed by atoms with Gasteiger partial charge in [0.05, 0.1) is 23.6 Å². The van der Waals surface area contributed by atoms with Gasteiger partial charge in [-0.1, -0.05) is 36.0 Å². The number of halogens is 1. The maximum absolute atomic E-state index is 13.1. The van der Waals surface area contributed by atoms with Crippen molar-refractivity contribution in [3.8, 4) is 0 Å². The lowest BCUT2D eigenvalue weighted by Gasteiger charge is -2.16. The Bertz CT molecular complexity index is 966. The average molecular weight is 370 g/mol. The summed E-state index contributed by atoms with van der Waals surface area (Å²) < 4.78 is 20.5. The van der Waals surface area contributed by atoms with E-state index in [1.165, 1.54) is 23.9 Å². The molecule has 0 bridgehead atoms. The van der Waals surface area contributed by atoms with Crippen LogP contribution in [0.25, 0.3) is 10.9 Å². The number of aromatic nitrogens is 2. The number of thioether (sulfide) groups is 1. The Morgan fingerprint density at radius 1 is 1.19 bits per heavy atom. The fourth-order valence-corrected chi connectivity index (χ4v) is 4.10. The summed E-state index contributed by atoms with van der Waals surface area (Å²) in [5.41, 5.74) is 1.65. The van der Waals surface area contributed by atoms with E-state index in [-0.39, 0.29) is 17.5 Å². The molecule has 134 valence electrons. The van der Waals surface area contributed by atoms with Crippen LogP contribution in [0.15, 0.2) is 58.5 Å². The minimum atomic E-state index is -0.252. The molecule has 0 amide bonds. The van der Waals surface area contributed by atoms with Crippen molar-refractivity contribution in [1.82, 2.24) is 9.55 Å². The predicted octanol–water partition coefficient (Wildman–Crippen LogP) is 4.01. The van der Waals surface area contributed by atoms with E-state index in [0.717, 1.165) is 25.0 Å². The SMILES string of the molecule is O=c1c2ccccc2nc(SCc2ccc(F)cc2)n1C[C@H]1CCCO1. The fraction of sp³-hybridized carbons (Fsp3) is 0.300. The molecule has 1 saturated heterocycles. The summed E-state index contributed by atoms with van der Waals surface area (Å²) in [6, 6.07) is 13.8. The van der Waals surface area contributed by atoms with E-state index in [1.54, 1.807) is 16.7 Å². The van der Waals surface area contributed by atoms with Gasteiger partial charge in [0.15, 0.2) is 5.16 Å². The van der Waals surface area contributed by atoms with Gasteiger partial charge in [0.2, 0.25) is 0 Å². The van der Waals surface area contributed by atoms with Crippen molar-refractivity contribution in [2.24, 2.45) is 0 Å². The molecule has 0 saturated carbocycles. The first kappa shape index (κ1) is 17.2. The maximum atomic E-state index is 13.1. The second-order valence-electron chi connectivity index (χ2n) is 6.38. The van der Waals surface area contributed by atoms with E-state index in [0.29, 0.717) is 28.4 Å². The smallest absolute Gasteiger partial charge is 0.262 e. The molecule has 0 radical (unpaired) electrons. The van der Waals surface area contributed by atoms with Crippen LogP contribution in [0.2, 0.25) is 0 Å². The molecule has 1 atom stereocenters. The monoisotopic (exact) mass is 370 g/mol. The van der Waals surface area contributed by atoms with Crippen molar-refractivity contribution in [2.75, 3.05) is 6.61 Å². The third-order valence-corrected chi connectivity index (χ3v) is 5.57. The zero-order chi connectivity index (χ0) is 17.9. The summed E-state index contributed by atoms with van der Waals surface area (Å²) in [4.78, 5) is 17.7. The molecule has 1 aliphatic rings. The average Bonchev–Trinajstić information content (AvgIpc) is 3.17. The highest BCUT2D eigenvalue weighted by molar-refractivity contribution is 7.98. The summed E-state index contributed by atoms with van der Waals surface area (Å²) in [6.45, 7) is 1.26. The first-order valence-electron chi connectivity index (χ1n) is 8.69. The summed E-state index contributed by atoms with van der Waals surface area (Å²) in [5, 5.41) is 1.30. The normalized spacial score (nSPS) is 17.0. The molecule has 3 aromatic rings. The van der Waals surface area contributed by atoms with Crippen LogP contribution in [0.3, 0.4) is 0 Å². The van der Waals surface area contributed by atoms with Crippen molar-refractivity contribution in [1.29, 1.82) is 0 Å². The highest BCUT2D eigenvalue weighted by atomic mass is 32.2. The molecule has 4 rings (SSSR count). The Morgan fingerprint density at radius 3 is 2.77 bits per heavy atom. The van der Waals surface area contributed by atoms with Crippen LogP contribution in [-0.4, -0.2) is 22.3 Å². The second kappa shape index (κ2) is 7.60. The van der Waals surface area contributed by atoms with Gasteiger partial charge in [-0.05, 0) is 42.7 Å². The molecule has 0 N–H and O–H groups in total. The van der Waals surface area contributed by atoms with E-state index in [1.807, 2.05) is 24.3 Å². The van der Waals surface area contributed by atoms with E-state index in [9.17, 15) is 9.18 Å². The predicted molar refractivity (Wildman–Crippen MR) is 101 cm³/mol. The van der Waals surface area contributed by atoms with E-state index >= 15 is 0 Å². The van der Waals surface area contributed by atoms with Crippen molar-refractivity contribution in [3.63, 3.8) is 0 Å². The minimum Gasteiger partial charge on any atom is -0.376 e. The van der Waals surface area contributed by atoms with Gasteiger partial charge in [-0.3, -0.25) is 9.36 Å². The van der Waals surface area contributed by atoms with E-state index < -0.39 is 0 Å². The van der Waals surface area contributed by atoms with Crippen molar-refractivity contribution in [2.45, 2.75) is 36.4 Å². The lowest BCUT2D eigenvalue weighted by Crippen LogP contribution is -2.28. The summed E-state index contributed by atoms with van der Waals surface area (Å²) >= 11 is 1.49. The van der Waals surface area contributed by atoms with Crippen molar-refractivity contribution >= 4 is 22.7 Å². The third kappa shape index (κ3) is 3.66. The highest BCUT2D eigenvalue weighted by Gasteiger charge is 2.20. The molecule has 6 heteroatoms. The van der Waals surface area contributed by atoms with Gasteiger partial charge in [-0.2, -0.15) is 0 Å². The van der Waals surface area contributed by atoms with E-state index in [2.05, 4.69) is 0 Å². The van der Waals surface area contributed by atoms with Crippen LogP contribution in [0.5, 0.6) is 0 Å². The Labute approximate surface area is 155 Å². The molecule has 26 heavy (non-hydrogen) atoms. The molecular formula is C20H19FN2O2S. The number of para-hydroxylation sites is 1. The van der Waals surface area contributed by atoms with Gasteiger partial charge in [0, 0.05) is 12.4 Å². The quantitative estimate of drug-likeness (QED) is 0.503. The Morgan fingerprint density at radius 2 is 2.00 bits per heavy atom. The number of nitrogens with zero attached hydrogens (tertiary/aromatic N) is 2. The standard InChI is InChI=1S/C20H19FN2O2S/c21-15-9-7-14(8-10-15)13-26-20-22-18-6-2-1-5-17(18)19(24)23(20)12-16-4-3-11-25-16/h1-2,5-10,16H,3-4,11-13H2/t16-/m1/s1. The Balaban J connectivity index is 1.68. The fourth-order valence-electron chi connectivity index (χ4n) is 3.14. The van der Waals surface area contributed by atoms with Crippen molar-refractivity contribution < 1.29 is 9.13 Å². The van der Waals surface area contributed by atoms with Gasteiger partial charge in [0.25, 0.3) is 5.56 Å². The van der Waals surface area contributed by atoms with Crippen LogP contribution in [0, 0.1) is 5.82 Å². The van der Waals surface area contributed by atoms with Gasteiger partial charge in [-0.15, -0.1) is 0 Å². The molecule has 0 unspecified atom stereocenters. The number of hydrogen-bond acceptors (Lipinski definition) is 4. The van der Waals surface area contributed by atoms with Crippen LogP contribution in [-0.2, 0) is 17.0 Å². The topological polar surface area (TPSA) is 44.1 Å². The lowest BCUT2D eigenvalue weighted by atomic mass is 10.2. The van der Waals surface area contributed by atoms with Crippen LogP contribution in [0.1, 0.15) is 18.4 Å². The summed E-state index contributed by atoms with van der Waals surface area (Å²) in [7, 11) is 0. The van der Waals surface area contributed by atoms with Crippen LogP contribution >= 0.6 is 11.8 Å².